The fourth-order valence-electron chi connectivity index (χ4n) is 1.87. The maximum absolute atomic E-state index is 3.54. The summed E-state index contributed by atoms with van der Waals surface area (Å²) in [4.78, 5) is 0. The van der Waals surface area contributed by atoms with Crippen molar-refractivity contribution in [3.63, 3.8) is 0 Å². The second kappa shape index (κ2) is 7.42. The minimum atomic E-state index is 0.731. The minimum absolute atomic E-state index is 0.731. The number of benzene rings is 1. The molecule has 1 atom stereocenters. The lowest BCUT2D eigenvalue weighted by Crippen LogP contribution is -2.29. The number of aryl methyl sites for hydroxylation is 1. The Bertz CT molecular complexity index is 297. The van der Waals surface area contributed by atoms with E-state index in [0.29, 0.717) is 0 Å². The Balaban J connectivity index is 2.32. The Hall–Kier alpha value is -0.860. The highest BCUT2D eigenvalue weighted by Crippen LogP contribution is 2.06. The smallest absolute Gasteiger partial charge is 0.0208 e. The molecule has 2 nitrogen and oxygen atoms in total. The van der Waals surface area contributed by atoms with E-state index < -0.39 is 0 Å². The zero-order chi connectivity index (χ0) is 11.8. The molecule has 0 aliphatic heterocycles. The van der Waals surface area contributed by atoms with E-state index in [2.05, 4.69) is 48.7 Å². The van der Waals surface area contributed by atoms with Gasteiger partial charge in [-0.3, -0.25) is 0 Å². The molecule has 1 unspecified atom stereocenters. The largest absolute Gasteiger partial charge is 0.319 e. The molecule has 0 aliphatic rings. The van der Waals surface area contributed by atoms with Gasteiger partial charge < -0.3 is 10.6 Å². The molecule has 1 rings (SSSR count). The Morgan fingerprint density at radius 3 is 2.56 bits per heavy atom. The van der Waals surface area contributed by atoms with Gasteiger partial charge in [0.15, 0.2) is 0 Å². The maximum atomic E-state index is 3.54. The molecule has 90 valence electrons. The number of hydrogen-bond donors (Lipinski definition) is 2. The van der Waals surface area contributed by atoms with Gasteiger partial charge >= 0.3 is 0 Å². The predicted molar refractivity (Wildman–Crippen MR) is 70.6 cm³/mol. The Morgan fingerprint density at radius 2 is 1.94 bits per heavy atom. The first kappa shape index (κ1) is 13.2. The summed E-state index contributed by atoms with van der Waals surface area (Å²) in [5.41, 5.74) is 2.78. The van der Waals surface area contributed by atoms with E-state index >= 15 is 0 Å². The molecule has 1 aromatic carbocycles. The van der Waals surface area contributed by atoms with Crippen LogP contribution in [0.1, 0.15) is 24.5 Å². The fraction of sp³-hybridized carbons (Fsp3) is 0.571. The van der Waals surface area contributed by atoms with Crippen molar-refractivity contribution in [3.05, 3.63) is 35.4 Å². The molecule has 0 saturated heterocycles. The van der Waals surface area contributed by atoms with E-state index in [4.69, 9.17) is 0 Å². The van der Waals surface area contributed by atoms with Crippen molar-refractivity contribution < 1.29 is 0 Å². The van der Waals surface area contributed by atoms with E-state index in [0.717, 1.165) is 25.6 Å². The lowest BCUT2D eigenvalue weighted by atomic mass is 10.1. The lowest BCUT2D eigenvalue weighted by molar-refractivity contribution is 0.444. The summed E-state index contributed by atoms with van der Waals surface area (Å²) in [5, 5.41) is 6.78. The first-order valence-electron chi connectivity index (χ1n) is 6.17. The van der Waals surface area contributed by atoms with Crippen molar-refractivity contribution >= 4 is 0 Å². The van der Waals surface area contributed by atoms with Crippen molar-refractivity contribution in [1.82, 2.24) is 10.6 Å². The number of nitrogens with one attached hydrogen (secondary N) is 2. The summed E-state index contributed by atoms with van der Waals surface area (Å²) in [7, 11) is 2.02. The second-order valence-corrected chi connectivity index (χ2v) is 4.39. The van der Waals surface area contributed by atoms with Gasteiger partial charge in [0.1, 0.15) is 0 Å². The molecule has 2 heteroatoms. The van der Waals surface area contributed by atoms with Gasteiger partial charge in [0.25, 0.3) is 0 Å². The highest BCUT2D eigenvalue weighted by Gasteiger charge is 2.04. The minimum Gasteiger partial charge on any atom is -0.319 e. The summed E-state index contributed by atoms with van der Waals surface area (Å²) >= 11 is 0. The first-order chi connectivity index (χ1) is 7.77. The Morgan fingerprint density at radius 1 is 1.19 bits per heavy atom. The van der Waals surface area contributed by atoms with Crippen LogP contribution in [-0.4, -0.2) is 20.1 Å². The third-order valence-electron chi connectivity index (χ3n) is 3.08. The van der Waals surface area contributed by atoms with Gasteiger partial charge in [0.2, 0.25) is 0 Å². The van der Waals surface area contributed by atoms with Crippen LogP contribution in [0.3, 0.4) is 0 Å². The summed E-state index contributed by atoms with van der Waals surface area (Å²) in [6, 6.07) is 8.56. The van der Waals surface area contributed by atoms with Crippen LogP contribution in [0.5, 0.6) is 0 Å². The molecule has 0 heterocycles. The summed E-state index contributed by atoms with van der Waals surface area (Å²) < 4.78 is 0. The van der Waals surface area contributed by atoms with Crippen LogP contribution in [0.2, 0.25) is 0 Å². The third kappa shape index (κ3) is 4.33. The molecule has 16 heavy (non-hydrogen) atoms. The van der Waals surface area contributed by atoms with E-state index in [1.54, 1.807) is 0 Å². The molecule has 0 amide bonds. The van der Waals surface area contributed by atoms with Crippen LogP contribution >= 0.6 is 0 Å². The Kier molecular flexibility index (Phi) is 6.12. The molecule has 0 aromatic heterocycles. The van der Waals surface area contributed by atoms with Crippen LogP contribution in [-0.2, 0) is 6.54 Å². The molecule has 0 radical (unpaired) electrons. The van der Waals surface area contributed by atoms with Crippen LogP contribution in [0.15, 0.2) is 24.3 Å². The quantitative estimate of drug-likeness (QED) is 0.737. The molecule has 0 fully saturated rings. The first-order valence-corrected chi connectivity index (χ1v) is 6.17. The predicted octanol–water partition coefficient (Wildman–Crippen LogP) is 2.33. The topological polar surface area (TPSA) is 24.1 Å². The second-order valence-electron chi connectivity index (χ2n) is 4.39. The van der Waals surface area contributed by atoms with Crippen LogP contribution in [0.4, 0.5) is 0 Å². The standard InChI is InChI=1S/C14H24N2/c1-4-13(9-15-3)10-16-11-14-8-6-5-7-12(14)2/h5-8,13,15-16H,4,9-11H2,1-3H3. The molecule has 0 aliphatic carbocycles. The zero-order valence-electron chi connectivity index (χ0n) is 10.7. The highest BCUT2D eigenvalue weighted by molar-refractivity contribution is 5.25. The third-order valence-corrected chi connectivity index (χ3v) is 3.08. The summed E-state index contributed by atoms with van der Waals surface area (Å²) in [6.07, 6.45) is 1.22. The van der Waals surface area contributed by atoms with Gasteiger partial charge in [-0.1, -0.05) is 37.6 Å². The molecule has 0 bridgehead atoms. The monoisotopic (exact) mass is 220 g/mol. The zero-order valence-corrected chi connectivity index (χ0v) is 10.7. The van der Waals surface area contributed by atoms with Gasteiger partial charge in [-0.2, -0.15) is 0 Å². The van der Waals surface area contributed by atoms with Gasteiger partial charge in [-0.05, 0) is 44.1 Å². The van der Waals surface area contributed by atoms with Crippen molar-refractivity contribution in [2.75, 3.05) is 20.1 Å². The van der Waals surface area contributed by atoms with Crippen LogP contribution < -0.4 is 10.6 Å². The van der Waals surface area contributed by atoms with E-state index in [9.17, 15) is 0 Å². The number of rotatable bonds is 7. The highest BCUT2D eigenvalue weighted by atomic mass is 14.9. The Labute approximate surface area is 99.5 Å². The summed E-state index contributed by atoms with van der Waals surface area (Å²) in [6.45, 7) is 7.58. The van der Waals surface area contributed by atoms with Gasteiger partial charge in [0.05, 0.1) is 0 Å². The van der Waals surface area contributed by atoms with Gasteiger partial charge in [-0.15, -0.1) is 0 Å². The molecule has 1 aromatic rings. The molecule has 0 saturated carbocycles. The molecular formula is C14H24N2. The van der Waals surface area contributed by atoms with E-state index in [1.807, 2.05) is 7.05 Å². The maximum Gasteiger partial charge on any atom is 0.0208 e. The SMILES string of the molecule is CCC(CNC)CNCc1ccccc1C. The van der Waals surface area contributed by atoms with E-state index in [-0.39, 0.29) is 0 Å². The van der Waals surface area contributed by atoms with Crippen molar-refractivity contribution in [2.24, 2.45) is 5.92 Å². The average Bonchev–Trinajstić information content (AvgIpc) is 2.30. The van der Waals surface area contributed by atoms with Crippen molar-refractivity contribution in [3.8, 4) is 0 Å². The normalized spacial score (nSPS) is 12.7. The molecule has 0 spiro atoms. The van der Waals surface area contributed by atoms with E-state index in [1.165, 1.54) is 17.5 Å². The van der Waals surface area contributed by atoms with Gasteiger partial charge in [-0.25, -0.2) is 0 Å². The van der Waals surface area contributed by atoms with Crippen LogP contribution in [0.25, 0.3) is 0 Å². The summed E-state index contributed by atoms with van der Waals surface area (Å²) in [5.74, 6) is 0.731. The average molecular weight is 220 g/mol. The lowest BCUT2D eigenvalue weighted by Gasteiger charge is -2.15. The van der Waals surface area contributed by atoms with Crippen molar-refractivity contribution in [2.45, 2.75) is 26.8 Å². The number of hydrogen-bond acceptors (Lipinski definition) is 2. The van der Waals surface area contributed by atoms with Crippen molar-refractivity contribution in [1.29, 1.82) is 0 Å². The van der Waals surface area contributed by atoms with Gasteiger partial charge in [0, 0.05) is 6.54 Å². The molecular weight excluding hydrogens is 196 g/mol. The fourth-order valence-corrected chi connectivity index (χ4v) is 1.87. The van der Waals surface area contributed by atoms with Crippen LogP contribution in [0, 0.1) is 12.8 Å². The molecule has 2 N–H and O–H groups in total.